The van der Waals surface area contributed by atoms with Crippen LogP contribution in [0.1, 0.15) is 31.1 Å². The Bertz CT molecular complexity index is 614. The van der Waals surface area contributed by atoms with Gasteiger partial charge in [0.2, 0.25) is 5.91 Å². The molecule has 2 fully saturated rings. The van der Waals surface area contributed by atoms with Gasteiger partial charge in [-0.25, -0.2) is 0 Å². The molecule has 23 heavy (non-hydrogen) atoms. The summed E-state index contributed by atoms with van der Waals surface area (Å²) in [5.74, 6) is 1.16. The van der Waals surface area contributed by atoms with Crippen LogP contribution in [-0.4, -0.2) is 53.9 Å². The molecule has 3 rings (SSSR count). The fourth-order valence-electron chi connectivity index (χ4n) is 3.55. The third-order valence-electron chi connectivity index (χ3n) is 4.65. The zero-order valence-corrected chi connectivity index (χ0v) is 14.0. The second-order valence-corrected chi connectivity index (χ2v) is 6.65. The van der Waals surface area contributed by atoms with Gasteiger partial charge in [0.05, 0.1) is 12.0 Å². The number of hydrogen-bond acceptors (Lipinski definition) is 3. The summed E-state index contributed by atoms with van der Waals surface area (Å²) < 4.78 is 5.66. The fourth-order valence-corrected chi connectivity index (χ4v) is 3.55. The molecule has 2 saturated heterocycles. The van der Waals surface area contributed by atoms with Gasteiger partial charge in [0.1, 0.15) is 5.75 Å². The summed E-state index contributed by atoms with van der Waals surface area (Å²) in [5, 5.41) is 0. The number of nitrogens with zero attached hydrogens (tertiary/aromatic N) is 2. The molecule has 2 amide bonds. The number of amides is 2. The molecule has 2 heterocycles. The summed E-state index contributed by atoms with van der Waals surface area (Å²) in [6.07, 6.45) is 0.0733. The summed E-state index contributed by atoms with van der Waals surface area (Å²) in [6.45, 7) is 8.66. The molecule has 0 saturated carbocycles. The van der Waals surface area contributed by atoms with Gasteiger partial charge in [-0.2, -0.15) is 0 Å². The lowest BCUT2D eigenvalue weighted by Crippen LogP contribution is -2.35. The van der Waals surface area contributed by atoms with Gasteiger partial charge in [-0.1, -0.05) is 6.07 Å². The predicted octanol–water partition coefficient (Wildman–Crippen LogP) is 2.02. The molecule has 0 aliphatic carbocycles. The van der Waals surface area contributed by atoms with Crippen molar-refractivity contribution in [2.75, 3.05) is 26.2 Å². The predicted molar refractivity (Wildman–Crippen MR) is 87.3 cm³/mol. The van der Waals surface area contributed by atoms with E-state index in [1.165, 1.54) is 0 Å². The van der Waals surface area contributed by atoms with E-state index >= 15 is 0 Å². The Labute approximate surface area is 137 Å². The van der Waals surface area contributed by atoms with Crippen LogP contribution in [0.25, 0.3) is 0 Å². The van der Waals surface area contributed by atoms with Crippen LogP contribution in [-0.2, 0) is 4.79 Å². The number of benzene rings is 1. The van der Waals surface area contributed by atoms with Gasteiger partial charge < -0.3 is 14.5 Å². The minimum Gasteiger partial charge on any atom is -0.491 e. The second-order valence-electron chi connectivity index (χ2n) is 6.65. The molecule has 1 aromatic rings. The Morgan fingerprint density at radius 2 is 2.09 bits per heavy atom. The highest BCUT2D eigenvalue weighted by Gasteiger charge is 2.46. The van der Waals surface area contributed by atoms with Crippen molar-refractivity contribution in [3.63, 3.8) is 0 Å². The first kappa shape index (κ1) is 15.8. The van der Waals surface area contributed by atoms with Crippen molar-refractivity contribution in [3.8, 4) is 5.75 Å². The summed E-state index contributed by atoms with van der Waals surface area (Å²) >= 11 is 0. The van der Waals surface area contributed by atoms with Crippen molar-refractivity contribution >= 4 is 11.8 Å². The van der Waals surface area contributed by atoms with Crippen LogP contribution in [0.4, 0.5) is 0 Å². The highest BCUT2D eigenvalue weighted by molar-refractivity contribution is 5.95. The van der Waals surface area contributed by atoms with E-state index in [1.54, 1.807) is 6.07 Å². The lowest BCUT2D eigenvalue weighted by Gasteiger charge is -2.21. The quantitative estimate of drug-likeness (QED) is 0.854. The molecule has 5 heteroatoms. The Kier molecular flexibility index (Phi) is 4.28. The number of likely N-dealkylation sites (tertiary alicyclic amines) is 2. The van der Waals surface area contributed by atoms with Crippen LogP contribution >= 0.6 is 0 Å². The number of ether oxygens (including phenoxy) is 1. The molecule has 5 nitrogen and oxygen atoms in total. The van der Waals surface area contributed by atoms with Crippen LogP contribution in [0.5, 0.6) is 5.75 Å². The molecule has 2 aliphatic heterocycles. The zero-order valence-electron chi connectivity index (χ0n) is 14.0. The smallest absolute Gasteiger partial charge is 0.254 e. The van der Waals surface area contributed by atoms with E-state index in [2.05, 4.69) is 0 Å². The second kappa shape index (κ2) is 6.22. The number of hydrogen-bond donors (Lipinski definition) is 0. The lowest BCUT2D eigenvalue weighted by molar-refractivity contribution is -0.130. The third-order valence-corrected chi connectivity index (χ3v) is 4.65. The molecule has 2 atom stereocenters. The lowest BCUT2D eigenvalue weighted by atomic mass is 10.0. The van der Waals surface area contributed by atoms with E-state index in [0.717, 1.165) is 13.1 Å². The van der Waals surface area contributed by atoms with Crippen molar-refractivity contribution in [2.45, 2.75) is 26.9 Å². The van der Waals surface area contributed by atoms with Gasteiger partial charge in [-0.05, 0) is 39.0 Å². The summed E-state index contributed by atoms with van der Waals surface area (Å²) in [4.78, 5) is 28.7. The molecule has 2 aliphatic rings. The van der Waals surface area contributed by atoms with E-state index in [0.29, 0.717) is 24.4 Å². The van der Waals surface area contributed by atoms with Crippen LogP contribution in [0.15, 0.2) is 24.3 Å². The topological polar surface area (TPSA) is 49.9 Å². The first-order chi connectivity index (χ1) is 11.0. The molecule has 0 N–H and O–H groups in total. The normalized spacial score (nSPS) is 23.6. The number of carbonyl (C=O) groups excluding carboxylic acids is 2. The van der Waals surface area contributed by atoms with Crippen LogP contribution in [0.2, 0.25) is 0 Å². The molecule has 0 radical (unpaired) electrons. The molecule has 124 valence electrons. The maximum Gasteiger partial charge on any atom is 0.254 e. The number of carbonyl (C=O) groups is 2. The molecule has 1 aromatic carbocycles. The van der Waals surface area contributed by atoms with Gasteiger partial charge in [0, 0.05) is 37.7 Å². The monoisotopic (exact) mass is 316 g/mol. The van der Waals surface area contributed by atoms with E-state index in [-0.39, 0.29) is 29.8 Å². The third kappa shape index (κ3) is 3.05. The van der Waals surface area contributed by atoms with Crippen molar-refractivity contribution in [2.24, 2.45) is 11.8 Å². The van der Waals surface area contributed by atoms with E-state index in [9.17, 15) is 9.59 Å². The summed E-state index contributed by atoms with van der Waals surface area (Å²) in [7, 11) is 0. The van der Waals surface area contributed by atoms with Gasteiger partial charge >= 0.3 is 0 Å². The SMILES string of the molecule is CCN1C[C@@H]2CN(C(=O)c3cccc(OC(C)C)c3)C[C@@H]2C1=O. The van der Waals surface area contributed by atoms with Gasteiger partial charge in [-0.15, -0.1) is 0 Å². The largest absolute Gasteiger partial charge is 0.491 e. The molecular weight excluding hydrogens is 292 g/mol. The average molecular weight is 316 g/mol. The van der Waals surface area contributed by atoms with Crippen molar-refractivity contribution < 1.29 is 14.3 Å². The zero-order chi connectivity index (χ0) is 16.6. The maximum atomic E-state index is 12.7. The van der Waals surface area contributed by atoms with Crippen molar-refractivity contribution in [3.05, 3.63) is 29.8 Å². The first-order valence-corrected chi connectivity index (χ1v) is 8.34. The van der Waals surface area contributed by atoms with Crippen LogP contribution < -0.4 is 4.74 Å². The number of fused-ring (bicyclic) bond motifs is 1. The Morgan fingerprint density at radius 1 is 1.30 bits per heavy atom. The molecule has 0 bridgehead atoms. The van der Waals surface area contributed by atoms with Crippen molar-refractivity contribution in [1.29, 1.82) is 0 Å². The first-order valence-electron chi connectivity index (χ1n) is 8.34. The fraction of sp³-hybridized carbons (Fsp3) is 0.556. The Balaban J connectivity index is 1.70. The van der Waals surface area contributed by atoms with E-state index < -0.39 is 0 Å². The van der Waals surface area contributed by atoms with Crippen molar-refractivity contribution in [1.82, 2.24) is 9.80 Å². The number of rotatable bonds is 4. The van der Waals surface area contributed by atoms with E-state index in [4.69, 9.17) is 4.74 Å². The van der Waals surface area contributed by atoms with Gasteiger partial charge in [0.25, 0.3) is 5.91 Å². The highest BCUT2D eigenvalue weighted by atomic mass is 16.5. The van der Waals surface area contributed by atoms with E-state index in [1.807, 2.05) is 48.8 Å². The Hall–Kier alpha value is -2.04. The molecule has 0 spiro atoms. The molecule has 0 aromatic heterocycles. The summed E-state index contributed by atoms with van der Waals surface area (Å²) in [5.41, 5.74) is 0.628. The summed E-state index contributed by atoms with van der Waals surface area (Å²) in [6, 6.07) is 7.30. The average Bonchev–Trinajstić information content (AvgIpc) is 3.06. The van der Waals surface area contributed by atoms with Crippen LogP contribution in [0, 0.1) is 11.8 Å². The standard InChI is InChI=1S/C18H24N2O3/c1-4-19-9-14-10-20(11-16(14)18(19)22)17(21)13-6-5-7-15(8-13)23-12(2)3/h5-8,12,14,16H,4,9-11H2,1-3H3/t14-,16+/m1/s1. The molecule has 0 unspecified atom stereocenters. The maximum absolute atomic E-state index is 12.7. The molecular formula is C18H24N2O3. The van der Waals surface area contributed by atoms with Gasteiger partial charge in [0.15, 0.2) is 0 Å². The highest BCUT2D eigenvalue weighted by Crippen LogP contribution is 2.33. The minimum absolute atomic E-state index is 0.00976. The minimum atomic E-state index is -0.0194. The van der Waals surface area contributed by atoms with Gasteiger partial charge in [-0.3, -0.25) is 9.59 Å². The Morgan fingerprint density at radius 3 is 2.74 bits per heavy atom. The van der Waals surface area contributed by atoms with Crippen LogP contribution in [0.3, 0.4) is 0 Å².